The zero-order chi connectivity index (χ0) is 26.1. The van der Waals surface area contributed by atoms with Gasteiger partial charge in [-0.25, -0.2) is 0 Å². The van der Waals surface area contributed by atoms with Crippen LogP contribution < -0.4 is 15.8 Å². The molecule has 0 aliphatic heterocycles. The summed E-state index contributed by atoms with van der Waals surface area (Å²) < 4.78 is 11.8. The first kappa shape index (κ1) is 23.9. The second kappa shape index (κ2) is 9.66. The van der Waals surface area contributed by atoms with Gasteiger partial charge in [0.15, 0.2) is 0 Å². The van der Waals surface area contributed by atoms with Crippen molar-refractivity contribution in [2.45, 2.75) is 13.8 Å². The average Bonchev–Trinajstić information content (AvgIpc) is 3.32. The summed E-state index contributed by atoms with van der Waals surface area (Å²) >= 11 is 0. The fourth-order valence-corrected chi connectivity index (χ4v) is 4.71. The first-order chi connectivity index (χ1) is 17.9. The van der Waals surface area contributed by atoms with Gasteiger partial charge in [-0.15, -0.1) is 0 Å². The van der Waals surface area contributed by atoms with E-state index in [-0.39, 0.29) is 5.91 Å². The van der Waals surface area contributed by atoms with E-state index >= 15 is 0 Å². The van der Waals surface area contributed by atoms with Crippen LogP contribution >= 0.6 is 0 Å². The number of aryl methyl sites for hydroxylation is 1. The number of anilines is 1. The molecular formula is C31H26N2O4. The molecule has 0 radical (unpaired) electrons. The van der Waals surface area contributed by atoms with Crippen LogP contribution in [-0.2, 0) is 4.79 Å². The third kappa shape index (κ3) is 4.45. The van der Waals surface area contributed by atoms with Crippen molar-refractivity contribution >= 4 is 44.8 Å². The maximum absolute atomic E-state index is 12.8. The van der Waals surface area contributed by atoms with E-state index in [0.717, 1.165) is 49.6 Å². The molecule has 1 heterocycles. The Morgan fingerprint density at radius 1 is 0.946 bits per heavy atom. The highest BCUT2D eigenvalue weighted by Crippen LogP contribution is 2.42. The lowest BCUT2D eigenvalue weighted by atomic mass is 9.94. The van der Waals surface area contributed by atoms with Crippen molar-refractivity contribution in [2.24, 2.45) is 5.73 Å². The molecule has 0 bridgehead atoms. The minimum Gasteiger partial charge on any atom is -0.496 e. The SMILES string of the molecule is COc1c(/C(C)=C/C(=O)Nc2ccc(C(N)=O)cc2)cc2c(-c3cccc4ccccc34)coc2c1C. The van der Waals surface area contributed by atoms with Crippen LogP contribution in [0.15, 0.2) is 89.6 Å². The molecule has 0 saturated carbocycles. The Morgan fingerprint density at radius 2 is 1.68 bits per heavy atom. The third-order valence-corrected chi connectivity index (χ3v) is 6.54. The molecule has 6 heteroatoms. The number of allylic oxidation sites excluding steroid dienone is 1. The Morgan fingerprint density at radius 3 is 2.41 bits per heavy atom. The second-order valence-corrected chi connectivity index (χ2v) is 8.89. The highest BCUT2D eigenvalue weighted by molar-refractivity contribution is 6.08. The number of primary amides is 1. The second-order valence-electron chi connectivity index (χ2n) is 8.89. The standard InChI is InChI=1S/C31H26N2O4/c1-18(15-28(34)33-22-13-11-21(12-14-22)31(32)35)25-16-26-27(17-37-30(26)19(2)29(25)36-3)24-10-6-8-20-7-4-5-9-23(20)24/h4-17H,1-3H3,(H2,32,35)(H,33,34)/b18-15+. The number of nitrogens with two attached hydrogens (primary N) is 1. The Balaban J connectivity index is 1.56. The monoisotopic (exact) mass is 490 g/mol. The topological polar surface area (TPSA) is 94.6 Å². The normalized spacial score (nSPS) is 11.6. The summed E-state index contributed by atoms with van der Waals surface area (Å²) in [5.74, 6) is -0.169. The minimum atomic E-state index is -0.520. The van der Waals surface area contributed by atoms with Gasteiger partial charge >= 0.3 is 0 Å². The van der Waals surface area contributed by atoms with Crippen molar-refractivity contribution in [2.75, 3.05) is 12.4 Å². The number of nitrogens with one attached hydrogen (secondary N) is 1. The molecule has 184 valence electrons. The summed E-state index contributed by atoms with van der Waals surface area (Å²) in [6, 6.07) is 22.9. The molecule has 0 saturated heterocycles. The van der Waals surface area contributed by atoms with Gasteiger partial charge in [-0.1, -0.05) is 42.5 Å². The molecule has 3 N–H and O–H groups in total. The van der Waals surface area contributed by atoms with Crippen LogP contribution in [0.5, 0.6) is 5.75 Å². The Kier molecular flexibility index (Phi) is 6.24. The van der Waals surface area contributed by atoms with Gasteiger partial charge in [0.05, 0.1) is 13.4 Å². The van der Waals surface area contributed by atoms with E-state index in [2.05, 4.69) is 29.6 Å². The van der Waals surface area contributed by atoms with Gasteiger partial charge in [-0.3, -0.25) is 9.59 Å². The third-order valence-electron chi connectivity index (χ3n) is 6.54. The van der Waals surface area contributed by atoms with Crippen LogP contribution in [-0.4, -0.2) is 18.9 Å². The van der Waals surface area contributed by atoms with Crippen LogP contribution in [0.25, 0.3) is 38.4 Å². The Hall–Kier alpha value is -4.84. The summed E-state index contributed by atoms with van der Waals surface area (Å²) in [6.45, 7) is 3.82. The van der Waals surface area contributed by atoms with Crippen LogP contribution in [0.1, 0.15) is 28.4 Å². The van der Waals surface area contributed by atoms with Crippen molar-refractivity contribution in [3.63, 3.8) is 0 Å². The molecule has 0 atom stereocenters. The predicted molar refractivity (Wildman–Crippen MR) is 148 cm³/mol. The molecule has 1 aromatic heterocycles. The highest BCUT2D eigenvalue weighted by Gasteiger charge is 2.19. The van der Waals surface area contributed by atoms with Crippen molar-refractivity contribution < 1.29 is 18.7 Å². The zero-order valence-corrected chi connectivity index (χ0v) is 20.8. The summed E-state index contributed by atoms with van der Waals surface area (Å²) in [5, 5.41) is 6.05. The number of methoxy groups -OCH3 is 1. The fraction of sp³-hybridized carbons (Fsp3) is 0.0968. The van der Waals surface area contributed by atoms with Crippen LogP contribution in [0.3, 0.4) is 0 Å². The maximum atomic E-state index is 12.8. The lowest BCUT2D eigenvalue weighted by Crippen LogP contribution is -2.12. The number of amides is 2. The van der Waals surface area contributed by atoms with Gasteiger partial charge in [0.2, 0.25) is 11.8 Å². The van der Waals surface area contributed by atoms with E-state index in [9.17, 15) is 9.59 Å². The van der Waals surface area contributed by atoms with Crippen LogP contribution in [0.2, 0.25) is 0 Å². The first-order valence-electron chi connectivity index (χ1n) is 11.8. The molecule has 37 heavy (non-hydrogen) atoms. The van der Waals surface area contributed by atoms with Gasteiger partial charge < -0.3 is 20.2 Å². The van der Waals surface area contributed by atoms with Crippen molar-refractivity contribution in [3.05, 3.63) is 102 Å². The van der Waals surface area contributed by atoms with Gasteiger partial charge in [-0.2, -0.15) is 0 Å². The van der Waals surface area contributed by atoms with Crippen LogP contribution in [0.4, 0.5) is 5.69 Å². The van der Waals surface area contributed by atoms with Crippen molar-refractivity contribution in [1.29, 1.82) is 0 Å². The number of furan rings is 1. The van der Waals surface area contributed by atoms with E-state index in [0.29, 0.717) is 17.0 Å². The summed E-state index contributed by atoms with van der Waals surface area (Å²) in [7, 11) is 1.61. The first-order valence-corrected chi connectivity index (χ1v) is 11.8. The molecule has 0 fully saturated rings. The van der Waals surface area contributed by atoms with E-state index < -0.39 is 5.91 Å². The smallest absolute Gasteiger partial charge is 0.248 e. The number of carbonyl (C=O) groups excluding carboxylic acids is 2. The van der Waals surface area contributed by atoms with Gasteiger partial charge in [-0.05, 0) is 66.1 Å². The van der Waals surface area contributed by atoms with Crippen molar-refractivity contribution in [1.82, 2.24) is 0 Å². The lowest BCUT2D eigenvalue weighted by Gasteiger charge is -2.14. The molecule has 0 aliphatic rings. The molecule has 0 aliphatic carbocycles. The Bertz CT molecular complexity index is 1690. The number of rotatable bonds is 6. The quantitative estimate of drug-likeness (QED) is 0.259. The minimum absolute atomic E-state index is 0.300. The van der Waals surface area contributed by atoms with Gasteiger partial charge in [0.25, 0.3) is 0 Å². The number of ether oxygens (including phenoxy) is 1. The summed E-state index contributed by atoms with van der Waals surface area (Å²) in [4.78, 5) is 24.1. The fourth-order valence-electron chi connectivity index (χ4n) is 4.71. The van der Waals surface area contributed by atoms with E-state index in [1.54, 1.807) is 37.6 Å². The molecular weight excluding hydrogens is 464 g/mol. The molecule has 4 aromatic carbocycles. The number of hydrogen-bond donors (Lipinski definition) is 2. The maximum Gasteiger partial charge on any atom is 0.248 e. The van der Waals surface area contributed by atoms with E-state index in [1.165, 1.54) is 6.08 Å². The number of fused-ring (bicyclic) bond motifs is 2. The van der Waals surface area contributed by atoms with Crippen molar-refractivity contribution in [3.8, 4) is 16.9 Å². The molecule has 6 nitrogen and oxygen atoms in total. The average molecular weight is 491 g/mol. The molecule has 0 unspecified atom stereocenters. The van der Waals surface area contributed by atoms with Gasteiger partial charge in [0, 0.05) is 39.4 Å². The number of hydrogen-bond acceptors (Lipinski definition) is 4. The lowest BCUT2D eigenvalue weighted by molar-refractivity contribution is -0.111. The van der Waals surface area contributed by atoms with Crippen LogP contribution in [0, 0.1) is 6.92 Å². The largest absolute Gasteiger partial charge is 0.496 e. The number of carbonyl (C=O) groups is 2. The molecule has 2 amide bonds. The predicted octanol–water partition coefficient (Wildman–Crippen LogP) is 6.71. The van der Waals surface area contributed by atoms with E-state index in [1.807, 2.05) is 38.1 Å². The summed E-state index contributed by atoms with van der Waals surface area (Å²) in [5.41, 5.74) is 11.4. The zero-order valence-electron chi connectivity index (χ0n) is 20.8. The highest BCUT2D eigenvalue weighted by atomic mass is 16.5. The molecule has 5 aromatic rings. The number of benzene rings is 4. The summed E-state index contributed by atoms with van der Waals surface area (Å²) in [6.07, 6.45) is 3.31. The molecule has 0 spiro atoms. The van der Waals surface area contributed by atoms with Gasteiger partial charge in [0.1, 0.15) is 11.3 Å². The van der Waals surface area contributed by atoms with E-state index in [4.69, 9.17) is 14.9 Å². The Labute approximate surface area is 214 Å². The molecule has 5 rings (SSSR count).